The molecule has 0 spiro atoms. The van der Waals surface area contributed by atoms with E-state index in [0.29, 0.717) is 23.9 Å². The molecular formula is C23H28N2O4. The van der Waals surface area contributed by atoms with Crippen molar-refractivity contribution in [2.75, 3.05) is 23.4 Å². The van der Waals surface area contributed by atoms with Crippen LogP contribution in [0.15, 0.2) is 36.4 Å². The molecule has 6 nitrogen and oxygen atoms in total. The van der Waals surface area contributed by atoms with E-state index in [9.17, 15) is 9.59 Å². The quantitative estimate of drug-likeness (QED) is 0.799. The molecule has 154 valence electrons. The molecular weight excluding hydrogens is 368 g/mol. The maximum atomic E-state index is 12.5. The first-order valence-corrected chi connectivity index (χ1v) is 9.87. The minimum atomic E-state index is -0.556. The molecule has 2 aromatic rings. The highest BCUT2D eigenvalue weighted by Crippen LogP contribution is 2.36. The van der Waals surface area contributed by atoms with Crippen LogP contribution < -0.4 is 19.7 Å². The number of nitrogens with zero attached hydrogens (tertiary/aromatic N) is 1. The van der Waals surface area contributed by atoms with Crippen molar-refractivity contribution in [3.63, 3.8) is 0 Å². The average molecular weight is 396 g/mol. The summed E-state index contributed by atoms with van der Waals surface area (Å²) in [7, 11) is 0. The fourth-order valence-electron chi connectivity index (χ4n) is 3.40. The molecule has 1 N–H and O–H groups in total. The summed E-state index contributed by atoms with van der Waals surface area (Å²) in [6.45, 7) is 10.3. The van der Waals surface area contributed by atoms with Crippen LogP contribution >= 0.6 is 0 Å². The minimum Gasteiger partial charge on any atom is -0.483 e. The number of benzene rings is 2. The third-order valence-electron chi connectivity index (χ3n) is 4.76. The number of amides is 2. The SMILES string of the molecule is Cc1cccc(C)c1OCC(=O)Nc1ccc2c(c1)OC(C)C(=O)N2CC(C)C. The maximum absolute atomic E-state index is 12.5. The molecule has 0 aromatic heterocycles. The average Bonchev–Trinajstić information content (AvgIpc) is 2.64. The van der Waals surface area contributed by atoms with E-state index in [4.69, 9.17) is 9.47 Å². The van der Waals surface area contributed by atoms with Crippen molar-refractivity contribution in [1.82, 2.24) is 0 Å². The highest BCUT2D eigenvalue weighted by Gasteiger charge is 2.32. The minimum absolute atomic E-state index is 0.0509. The Hall–Kier alpha value is -3.02. The third-order valence-corrected chi connectivity index (χ3v) is 4.76. The number of rotatable bonds is 6. The van der Waals surface area contributed by atoms with Gasteiger partial charge >= 0.3 is 0 Å². The summed E-state index contributed by atoms with van der Waals surface area (Å²) in [6, 6.07) is 11.2. The molecule has 1 atom stereocenters. The Labute approximate surface area is 171 Å². The fraction of sp³-hybridized carbons (Fsp3) is 0.391. The molecule has 1 aliphatic rings. The number of ether oxygens (including phenoxy) is 2. The van der Waals surface area contributed by atoms with E-state index in [1.165, 1.54) is 0 Å². The van der Waals surface area contributed by atoms with E-state index >= 15 is 0 Å². The van der Waals surface area contributed by atoms with Crippen molar-refractivity contribution >= 4 is 23.2 Å². The molecule has 0 radical (unpaired) electrons. The second-order valence-corrected chi connectivity index (χ2v) is 7.84. The molecule has 1 unspecified atom stereocenters. The first kappa shape index (κ1) is 20.7. The summed E-state index contributed by atoms with van der Waals surface area (Å²) >= 11 is 0. The normalized spacial score (nSPS) is 15.7. The van der Waals surface area contributed by atoms with Crippen molar-refractivity contribution < 1.29 is 19.1 Å². The van der Waals surface area contributed by atoms with E-state index < -0.39 is 6.10 Å². The van der Waals surface area contributed by atoms with Crippen molar-refractivity contribution in [2.45, 2.75) is 40.7 Å². The lowest BCUT2D eigenvalue weighted by Crippen LogP contribution is -2.46. The van der Waals surface area contributed by atoms with Gasteiger partial charge in [-0.05, 0) is 49.9 Å². The van der Waals surface area contributed by atoms with Crippen molar-refractivity contribution in [1.29, 1.82) is 0 Å². The number of carbonyl (C=O) groups excluding carboxylic acids is 2. The number of anilines is 2. The van der Waals surface area contributed by atoms with E-state index in [1.54, 1.807) is 24.0 Å². The molecule has 0 saturated carbocycles. The maximum Gasteiger partial charge on any atom is 0.267 e. The van der Waals surface area contributed by atoms with Gasteiger partial charge in [-0.25, -0.2) is 0 Å². The summed E-state index contributed by atoms with van der Waals surface area (Å²) < 4.78 is 11.5. The Morgan fingerprint density at radius 1 is 1.21 bits per heavy atom. The monoisotopic (exact) mass is 396 g/mol. The van der Waals surface area contributed by atoms with Gasteiger partial charge in [0.05, 0.1) is 5.69 Å². The van der Waals surface area contributed by atoms with E-state index in [-0.39, 0.29) is 18.4 Å². The van der Waals surface area contributed by atoms with Crippen LogP contribution in [0.1, 0.15) is 31.9 Å². The van der Waals surface area contributed by atoms with Crippen LogP contribution in [0.4, 0.5) is 11.4 Å². The van der Waals surface area contributed by atoms with Gasteiger partial charge in [0, 0.05) is 18.3 Å². The van der Waals surface area contributed by atoms with Gasteiger partial charge in [0.2, 0.25) is 0 Å². The van der Waals surface area contributed by atoms with Crippen molar-refractivity contribution in [3.05, 3.63) is 47.5 Å². The standard InChI is InChI=1S/C23H28N2O4/c1-14(2)12-25-19-10-9-18(11-20(19)29-17(5)23(25)27)24-21(26)13-28-22-15(3)7-6-8-16(22)4/h6-11,14,17H,12-13H2,1-5H3,(H,24,26). The van der Waals surface area contributed by atoms with Crippen LogP contribution in [0.5, 0.6) is 11.5 Å². The Balaban J connectivity index is 1.70. The van der Waals surface area contributed by atoms with Crippen LogP contribution in [0.25, 0.3) is 0 Å². The third kappa shape index (κ3) is 4.70. The zero-order chi connectivity index (χ0) is 21.1. The molecule has 0 fully saturated rings. The number of fused-ring (bicyclic) bond motifs is 1. The van der Waals surface area contributed by atoms with E-state index in [1.807, 2.05) is 38.1 Å². The van der Waals surface area contributed by atoms with Crippen molar-refractivity contribution in [2.24, 2.45) is 5.92 Å². The number of nitrogens with one attached hydrogen (secondary N) is 1. The summed E-state index contributed by atoms with van der Waals surface area (Å²) in [5.74, 6) is 1.34. The lowest BCUT2D eigenvalue weighted by molar-refractivity contribution is -0.125. The van der Waals surface area contributed by atoms with Gasteiger partial charge in [0.15, 0.2) is 12.7 Å². The largest absolute Gasteiger partial charge is 0.483 e. The van der Waals surface area contributed by atoms with E-state index in [0.717, 1.165) is 22.6 Å². The summed E-state index contributed by atoms with van der Waals surface area (Å²) in [4.78, 5) is 26.6. The summed E-state index contributed by atoms with van der Waals surface area (Å²) in [5.41, 5.74) is 3.31. The Bertz CT molecular complexity index is 903. The van der Waals surface area contributed by atoms with Crippen LogP contribution in [0, 0.1) is 19.8 Å². The Morgan fingerprint density at radius 2 is 1.90 bits per heavy atom. The van der Waals surface area contributed by atoms with Crippen LogP contribution in [0.3, 0.4) is 0 Å². The molecule has 0 saturated heterocycles. The van der Waals surface area contributed by atoms with E-state index in [2.05, 4.69) is 19.2 Å². The molecule has 0 aliphatic carbocycles. The molecule has 2 amide bonds. The number of para-hydroxylation sites is 1. The topological polar surface area (TPSA) is 67.9 Å². The smallest absolute Gasteiger partial charge is 0.267 e. The Morgan fingerprint density at radius 3 is 2.55 bits per heavy atom. The first-order chi connectivity index (χ1) is 13.8. The lowest BCUT2D eigenvalue weighted by Gasteiger charge is -2.34. The lowest BCUT2D eigenvalue weighted by atomic mass is 10.1. The van der Waals surface area contributed by atoms with Crippen LogP contribution in [0.2, 0.25) is 0 Å². The number of hydrogen-bond acceptors (Lipinski definition) is 4. The predicted molar refractivity (Wildman–Crippen MR) is 114 cm³/mol. The zero-order valence-corrected chi connectivity index (χ0v) is 17.6. The van der Waals surface area contributed by atoms with Gasteiger partial charge in [0.1, 0.15) is 11.5 Å². The number of hydrogen-bond donors (Lipinski definition) is 1. The fourth-order valence-corrected chi connectivity index (χ4v) is 3.40. The summed E-state index contributed by atoms with van der Waals surface area (Å²) in [5, 5.41) is 2.84. The molecule has 2 aromatic carbocycles. The molecule has 3 rings (SSSR count). The van der Waals surface area contributed by atoms with Gasteiger partial charge in [-0.2, -0.15) is 0 Å². The van der Waals surface area contributed by atoms with Gasteiger partial charge < -0.3 is 19.7 Å². The highest BCUT2D eigenvalue weighted by atomic mass is 16.5. The number of aryl methyl sites for hydroxylation is 2. The van der Waals surface area contributed by atoms with Crippen LogP contribution in [-0.4, -0.2) is 31.1 Å². The van der Waals surface area contributed by atoms with Crippen LogP contribution in [-0.2, 0) is 9.59 Å². The van der Waals surface area contributed by atoms with Gasteiger partial charge in [-0.3, -0.25) is 9.59 Å². The van der Waals surface area contributed by atoms with Gasteiger partial charge in [-0.15, -0.1) is 0 Å². The van der Waals surface area contributed by atoms with Crippen molar-refractivity contribution in [3.8, 4) is 11.5 Å². The molecule has 6 heteroatoms. The summed E-state index contributed by atoms with van der Waals surface area (Å²) in [6.07, 6.45) is -0.556. The molecule has 0 bridgehead atoms. The molecule has 1 heterocycles. The first-order valence-electron chi connectivity index (χ1n) is 9.87. The number of carbonyl (C=O) groups is 2. The second-order valence-electron chi connectivity index (χ2n) is 7.84. The zero-order valence-electron chi connectivity index (χ0n) is 17.6. The molecule has 1 aliphatic heterocycles. The van der Waals surface area contributed by atoms with Gasteiger partial charge in [0.25, 0.3) is 11.8 Å². The molecule has 29 heavy (non-hydrogen) atoms. The highest BCUT2D eigenvalue weighted by molar-refractivity contribution is 6.00. The van der Waals surface area contributed by atoms with Gasteiger partial charge in [-0.1, -0.05) is 32.0 Å². The Kier molecular flexibility index (Phi) is 6.11. The predicted octanol–water partition coefficient (Wildman–Crippen LogP) is 4.09. The second kappa shape index (κ2) is 8.55.